The highest BCUT2D eigenvalue weighted by atomic mass is 32.2. The molecule has 28 nitrogen and oxygen atoms in total. The number of fused-ring (bicyclic) bond motifs is 4. The fraction of sp³-hybridized carbons (Fsp3) is 0.380. The number of hydrogen-bond acceptors (Lipinski definition) is 18. The first kappa shape index (κ1) is 93.6. The van der Waals surface area contributed by atoms with Gasteiger partial charge in [0.05, 0.1) is 70.3 Å². The van der Waals surface area contributed by atoms with Crippen LogP contribution in [0.5, 0.6) is 0 Å². The van der Waals surface area contributed by atoms with Crippen molar-refractivity contribution in [3.63, 3.8) is 0 Å². The lowest BCUT2D eigenvalue weighted by Gasteiger charge is -2.22. The van der Waals surface area contributed by atoms with Gasteiger partial charge in [-0.25, -0.2) is 44.7 Å². The summed E-state index contributed by atoms with van der Waals surface area (Å²) in [5.74, 6) is 5.62. The Morgan fingerprint density at radius 3 is 1.04 bits per heavy atom. The first-order chi connectivity index (χ1) is 66.7. The lowest BCUT2D eigenvalue weighted by molar-refractivity contribution is 0.0942. The molecular weight excluding hydrogens is 1740 g/mol. The largest absolute Gasteiger partial charge is 0.611 e. The Morgan fingerprint density at radius 1 is 0.380 bits per heavy atom. The number of anilines is 4. The molecule has 29 heteroatoms. The lowest BCUT2D eigenvalue weighted by Crippen LogP contribution is -2.25. The lowest BCUT2D eigenvalue weighted by atomic mass is 9.87. The zero-order chi connectivity index (χ0) is 94.6. The maximum atomic E-state index is 12.6. The normalized spacial score (nSPS) is 15.7. The second-order valence-electron chi connectivity index (χ2n) is 38.5. The van der Waals surface area contributed by atoms with E-state index in [4.69, 9.17) is 40.0 Å². The average Bonchev–Trinajstić information content (AvgIpc) is 1.65. The Morgan fingerprint density at radius 2 is 0.701 bits per heavy atom. The molecule has 0 aliphatic heterocycles. The topological polar surface area (TPSA) is 358 Å². The maximum absolute atomic E-state index is 12.6. The standard InChI is InChI=1S/C29H31N5O2S.C28H28N6O3.C26H33N5O.C25H31N5O/c1-18(2)15-30-27-28-31-16-26(20-3-5-21(6-4-20)29(35)32-22-9-10-22)34(28)17-25(33-27)19-7-11-23(12-8-19)37(36)24-13-14-24;35-27(32-22-13-14-22)21-11-9-20(10-12-21)24-17-31-26-25(29-15-5-2-6-16-30-28(36)37)33-23(18-34(24)26)19-7-3-1-4-8-19;1-17(2)14-27-24-25-28-15-23(31(25)16-22(30-24)18-6-4-3-5-7-18)19-8-10-20(11-9-19)26(32)29-21-12-13-21;1-16(2)13-26-23-24-27-14-22(30(24)15-21(29-23)17-5-3-4-6-17)18-7-9-19(10-8-18)25(31)28-20-11-12-20/h3-8,11-12,16-18,22,24H,9-10,13-15H2,1-2H3,(H,30,33)(H,32,35);1-4,6-12,17-18,22,30H,5,13-16H2,(H,29,33)(H,32,35)(H,36,37);8-11,15-18,21H,3-7,12-14H2,1-2H3,(H,27,30)(H,29,32);7-10,14-17,20H,3-6,11-13H2,1-2H3,(H,26,29)(H,28,31)/b;6-2-;;. The molecule has 1 atom stereocenters. The van der Waals surface area contributed by atoms with E-state index >= 15 is 0 Å². The van der Waals surface area contributed by atoms with Gasteiger partial charge in [-0.2, -0.15) is 0 Å². The number of carbonyl (C=O) groups is 5. The van der Waals surface area contributed by atoms with Crippen molar-refractivity contribution in [3.05, 3.63) is 247 Å². The van der Waals surface area contributed by atoms with Crippen LogP contribution in [0, 0.1) is 17.8 Å². The Kier molecular flexibility index (Phi) is 29.4. The molecule has 7 aliphatic rings. The molecule has 8 heterocycles. The van der Waals surface area contributed by atoms with Crippen LogP contribution in [0.15, 0.2) is 218 Å². The van der Waals surface area contributed by atoms with Crippen LogP contribution in [0.4, 0.5) is 28.1 Å². The molecule has 708 valence electrons. The van der Waals surface area contributed by atoms with E-state index < -0.39 is 17.3 Å². The highest BCUT2D eigenvalue weighted by Crippen LogP contribution is 2.40. The van der Waals surface area contributed by atoms with Crippen molar-refractivity contribution < 1.29 is 33.6 Å². The fourth-order valence-electron chi connectivity index (χ4n) is 17.1. The van der Waals surface area contributed by atoms with Gasteiger partial charge in [0.15, 0.2) is 50.8 Å². The van der Waals surface area contributed by atoms with Gasteiger partial charge in [-0.3, -0.25) is 36.8 Å². The number of hydrogen-bond donors (Lipinski definition) is 10. The van der Waals surface area contributed by atoms with Crippen molar-refractivity contribution in [1.82, 2.24) is 84.1 Å². The van der Waals surface area contributed by atoms with Crippen LogP contribution in [-0.4, -0.2) is 159 Å². The zero-order valence-corrected chi connectivity index (χ0v) is 79.6. The molecular formula is C108H123N21O7S. The predicted octanol–water partition coefficient (Wildman–Crippen LogP) is 20.3. The van der Waals surface area contributed by atoms with Crippen LogP contribution in [0.2, 0.25) is 0 Å². The minimum absolute atomic E-state index is 0.0140. The molecule has 0 spiro atoms. The molecule has 10 N–H and O–H groups in total. The van der Waals surface area contributed by atoms with Gasteiger partial charge in [-0.1, -0.05) is 165 Å². The summed E-state index contributed by atoms with van der Waals surface area (Å²) in [5, 5.41) is 37.3. The number of nitrogens with zero attached hydrogens (tertiary/aromatic N) is 12. The third kappa shape index (κ3) is 24.0. The third-order valence-corrected chi connectivity index (χ3v) is 27.5. The van der Waals surface area contributed by atoms with Gasteiger partial charge in [0.1, 0.15) is 5.25 Å². The van der Waals surface area contributed by atoms with Crippen molar-refractivity contribution >= 4 is 86.8 Å². The second-order valence-corrected chi connectivity index (χ2v) is 40.3. The van der Waals surface area contributed by atoms with Gasteiger partial charge in [0.2, 0.25) is 0 Å². The molecule has 21 rings (SSSR count). The SMILES string of the molecule is CC(C)CNc1nc(-c2ccc([S+]([O-])C3CC3)cc2)cn2c(-c3ccc(C(=O)NC4CC4)cc3)cnc12.CC(C)CNc1nc(C2CCCC2)cn2c(-c3ccc(C(=O)NC4CC4)cc3)cnc12.CC(C)CNc1nc(C2CCCCC2)cn2c(-c3ccc(C(=O)NC4CC4)cc3)cnc12.O=C(O)NC/C=C\CCNc1nc(-c2ccccc2)cn2c(-c3ccc(C(=O)NC4CC4)cc3)cnc12. The summed E-state index contributed by atoms with van der Waals surface area (Å²) < 4.78 is 21.0. The molecule has 1 unspecified atom stereocenters. The summed E-state index contributed by atoms with van der Waals surface area (Å²) in [6, 6.07) is 50.2. The number of imidazole rings is 4. The van der Waals surface area contributed by atoms with Gasteiger partial charge in [0, 0.05) is 162 Å². The molecule has 0 saturated heterocycles. The van der Waals surface area contributed by atoms with Crippen LogP contribution in [0.1, 0.15) is 235 Å². The third-order valence-electron chi connectivity index (χ3n) is 25.7. The molecule has 14 aromatic rings. The molecule has 8 aromatic heterocycles. The van der Waals surface area contributed by atoms with Crippen LogP contribution < -0.4 is 47.9 Å². The van der Waals surface area contributed by atoms with E-state index in [0.29, 0.717) is 106 Å². The summed E-state index contributed by atoms with van der Waals surface area (Å²) in [7, 11) is 0. The minimum atomic E-state index is -1.04. The highest BCUT2D eigenvalue weighted by molar-refractivity contribution is 7.92. The van der Waals surface area contributed by atoms with Crippen LogP contribution in [0.25, 0.3) is 90.1 Å². The van der Waals surface area contributed by atoms with E-state index in [1.807, 2.05) is 199 Å². The number of amides is 5. The van der Waals surface area contributed by atoms with Crippen LogP contribution >= 0.6 is 0 Å². The van der Waals surface area contributed by atoms with Crippen LogP contribution in [-0.2, 0) is 11.2 Å². The molecule has 6 aromatic carbocycles. The average molecular weight is 1860 g/mol. The van der Waals surface area contributed by atoms with Crippen LogP contribution in [0.3, 0.4) is 0 Å². The number of carboxylic acid groups (broad SMARTS) is 1. The Balaban J connectivity index is 0.000000122. The van der Waals surface area contributed by atoms with Crippen molar-refractivity contribution in [3.8, 4) is 67.5 Å². The molecule has 7 aliphatic carbocycles. The van der Waals surface area contributed by atoms with Crippen molar-refractivity contribution in [2.24, 2.45) is 17.8 Å². The number of benzene rings is 6. The van der Waals surface area contributed by atoms with Crippen molar-refractivity contribution in [1.29, 1.82) is 0 Å². The van der Waals surface area contributed by atoms with Gasteiger partial charge >= 0.3 is 6.09 Å². The molecule has 0 bridgehead atoms. The highest BCUT2D eigenvalue weighted by Gasteiger charge is 2.36. The van der Waals surface area contributed by atoms with Gasteiger partial charge in [-0.15, -0.1) is 0 Å². The Labute approximate surface area is 802 Å². The summed E-state index contributed by atoms with van der Waals surface area (Å²) in [4.78, 5) is 99.4. The van der Waals surface area contributed by atoms with E-state index in [1.54, 1.807) is 6.08 Å². The summed E-state index contributed by atoms with van der Waals surface area (Å²) >= 11 is -0.928. The quantitative estimate of drug-likeness (QED) is 0.0104. The molecule has 0 radical (unpaired) electrons. The number of rotatable bonds is 33. The van der Waals surface area contributed by atoms with E-state index in [2.05, 4.69) is 120 Å². The minimum Gasteiger partial charge on any atom is -0.611 e. The maximum Gasteiger partial charge on any atom is 0.404 e. The van der Waals surface area contributed by atoms with E-state index in [1.165, 1.54) is 57.8 Å². The number of nitrogens with one attached hydrogen (secondary N) is 9. The number of aromatic nitrogens is 12. The zero-order valence-electron chi connectivity index (χ0n) is 78.8. The molecule has 5 amide bonds. The smallest absolute Gasteiger partial charge is 0.404 e. The van der Waals surface area contributed by atoms with Gasteiger partial charge in [-0.05, 0) is 185 Å². The monoisotopic (exact) mass is 1860 g/mol. The van der Waals surface area contributed by atoms with Gasteiger partial charge in [0.25, 0.3) is 23.6 Å². The molecule has 137 heavy (non-hydrogen) atoms. The second kappa shape index (κ2) is 43.0. The van der Waals surface area contributed by atoms with E-state index in [9.17, 15) is 28.5 Å². The molecule has 7 fully saturated rings. The summed E-state index contributed by atoms with van der Waals surface area (Å²) in [6.07, 6.45) is 41.1. The summed E-state index contributed by atoms with van der Waals surface area (Å²) in [6.45, 7) is 16.5. The van der Waals surface area contributed by atoms with Gasteiger partial charge < -0.3 is 57.5 Å². The van der Waals surface area contributed by atoms with Crippen molar-refractivity contribution in [2.75, 3.05) is 54.0 Å². The number of carbonyl (C=O) groups excluding carboxylic acids is 4. The predicted molar refractivity (Wildman–Crippen MR) is 541 cm³/mol. The molecule has 7 saturated carbocycles. The fourth-order valence-corrected chi connectivity index (χ4v) is 18.5. The first-order valence-corrected chi connectivity index (χ1v) is 50.2. The first-order valence-electron chi connectivity index (χ1n) is 49.0. The Bertz CT molecular complexity index is 6600. The van der Waals surface area contributed by atoms with Crippen molar-refractivity contribution in [2.45, 2.75) is 216 Å². The Hall–Kier alpha value is -13.8. The van der Waals surface area contributed by atoms with E-state index in [-0.39, 0.29) is 30.2 Å². The van der Waals surface area contributed by atoms with E-state index in [0.717, 1.165) is 202 Å². The summed E-state index contributed by atoms with van der Waals surface area (Å²) in [5.41, 5.74) is 19.6.